The molecule has 1 fully saturated rings. The van der Waals surface area contributed by atoms with Gasteiger partial charge in [0.25, 0.3) is 0 Å². The summed E-state index contributed by atoms with van der Waals surface area (Å²) in [5, 5.41) is 0. The third-order valence-corrected chi connectivity index (χ3v) is 6.66. The summed E-state index contributed by atoms with van der Waals surface area (Å²) in [6, 6.07) is 0. The molecular weight excluding hydrogens is 364 g/mol. The van der Waals surface area contributed by atoms with Gasteiger partial charge in [0.05, 0.1) is 11.2 Å². The molecule has 2 unspecified atom stereocenters. The van der Waals surface area contributed by atoms with Gasteiger partial charge in [0.1, 0.15) is 0 Å². The molecule has 0 aliphatic heterocycles. The molecule has 0 aromatic heterocycles. The van der Waals surface area contributed by atoms with E-state index in [1.54, 1.807) is 0 Å². The smallest absolute Gasteiger partial charge is 0.228 e. The number of hydrogen-bond acceptors (Lipinski definition) is 4. The van der Waals surface area contributed by atoms with E-state index in [9.17, 15) is 0 Å². The van der Waals surface area contributed by atoms with Gasteiger partial charge in [-0.25, -0.2) is 9.78 Å². The highest BCUT2D eigenvalue weighted by molar-refractivity contribution is 4.86. The Labute approximate surface area is 181 Å². The van der Waals surface area contributed by atoms with Crippen molar-refractivity contribution in [2.45, 2.75) is 144 Å². The first-order valence-electron chi connectivity index (χ1n) is 12.2. The van der Waals surface area contributed by atoms with E-state index in [-0.39, 0.29) is 11.2 Å². The zero-order valence-corrected chi connectivity index (χ0v) is 20.9. The standard InChI is InChI=1S/C25H50O4/c1-10-12-14-16-23(6,7)26-28-25(18-20(3)22(5)21(4)19-25)29-27-24(8,9)17-15-13-11-2/h20-22H,10-19H2,1-9H3. The van der Waals surface area contributed by atoms with Gasteiger partial charge in [-0.3, -0.25) is 0 Å². The Kier molecular flexibility index (Phi) is 11.1. The molecule has 0 spiro atoms. The van der Waals surface area contributed by atoms with Crippen molar-refractivity contribution in [3.05, 3.63) is 0 Å². The molecule has 29 heavy (non-hydrogen) atoms. The molecule has 2 atom stereocenters. The minimum atomic E-state index is -0.838. The molecule has 4 heteroatoms. The monoisotopic (exact) mass is 414 g/mol. The first-order chi connectivity index (χ1) is 13.5. The van der Waals surface area contributed by atoms with E-state index in [1.165, 1.54) is 25.7 Å². The van der Waals surface area contributed by atoms with Gasteiger partial charge in [0.15, 0.2) is 0 Å². The highest BCUT2D eigenvalue weighted by Gasteiger charge is 2.47. The van der Waals surface area contributed by atoms with E-state index in [1.807, 2.05) is 0 Å². The van der Waals surface area contributed by atoms with Crippen LogP contribution in [-0.2, 0) is 19.6 Å². The van der Waals surface area contributed by atoms with Crippen molar-refractivity contribution in [3.63, 3.8) is 0 Å². The van der Waals surface area contributed by atoms with Gasteiger partial charge < -0.3 is 0 Å². The Morgan fingerprint density at radius 2 is 1.07 bits per heavy atom. The molecule has 1 aliphatic carbocycles. The van der Waals surface area contributed by atoms with Crippen molar-refractivity contribution in [1.82, 2.24) is 0 Å². The van der Waals surface area contributed by atoms with Gasteiger partial charge in [-0.05, 0) is 58.3 Å². The maximum atomic E-state index is 6.13. The van der Waals surface area contributed by atoms with Crippen LogP contribution in [0, 0.1) is 17.8 Å². The summed E-state index contributed by atoms with van der Waals surface area (Å²) < 4.78 is 0. The minimum Gasteiger partial charge on any atom is -0.228 e. The van der Waals surface area contributed by atoms with Crippen molar-refractivity contribution in [3.8, 4) is 0 Å². The number of unbranched alkanes of at least 4 members (excludes halogenated alkanes) is 4. The molecule has 0 aromatic rings. The summed E-state index contributed by atoms with van der Waals surface area (Å²) in [5.74, 6) is 0.759. The van der Waals surface area contributed by atoms with Gasteiger partial charge in [-0.15, -0.1) is 0 Å². The van der Waals surface area contributed by atoms with Gasteiger partial charge in [0, 0.05) is 12.8 Å². The van der Waals surface area contributed by atoms with E-state index in [2.05, 4.69) is 62.3 Å². The lowest BCUT2D eigenvalue weighted by Gasteiger charge is -2.45. The molecule has 0 N–H and O–H groups in total. The molecule has 0 aromatic carbocycles. The summed E-state index contributed by atoms with van der Waals surface area (Å²) in [6.07, 6.45) is 10.7. The van der Waals surface area contributed by atoms with Crippen LogP contribution in [0.1, 0.15) is 127 Å². The van der Waals surface area contributed by atoms with Crippen LogP contribution >= 0.6 is 0 Å². The van der Waals surface area contributed by atoms with E-state index < -0.39 is 5.79 Å². The van der Waals surface area contributed by atoms with Crippen molar-refractivity contribution in [2.75, 3.05) is 0 Å². The Morgan fingerprint density at radius 1 is 0.690 bits per heavy atom. The Morgan fingerprint density at radius 3 is 1.41 bits per heavy atom. The van der Waals surface area contributed by atoms with Crippen LogP contribution < -0.4 is 0 Å². The fourth-order valence-corrected chi connectivity index (χ4v) is 4.21. The number of rotatable bonds is 14. The normalized spacial score (nSPS) is 25.3. The third-order valence-electron chi connectivity index (χ3n) is 6.66. The summed E-state index contributed by atoms with van der Waals surface area (Å²) in [4.78, 5) is 24.3. The molecule has 1 rings (SSSR count). The Hall–Kier alpha value is -0.160. The molecule has 174 valence electrons. The Bertz CT molecular complexity index is 406. The third kappa shape index (κ3) is 9.67. The fraction of sp³-hybridized carbons (Fsp3) is 1.00. The topological polar surface area (TPSA) is 36.9 Å². The van der Waals surface area contributed by atoms with E-state index >= 15 is 0 Å². The second-order valence-corrected chi connectivity index (χ2v) is 10.9. The van der Waals surface area contributed by atoms with Gasteiger partial charge in [-0.1, -0.05) is 73.1 Å². The average Bonchev–Trinajstić information content (AvgIpc) is 2.63. The summed E-state index contributed by atoms with van der Waals surface area (Å²) in [6.45, 7) is 19.7. The lowest BCUT2D eigenvalue weighted by atomic mass is 9.72. The van der Waals surface area contributed by atoms with E-state index in [0.29, 0.717) is 17.8 Å². The predicted molar refractivity (Wildman–Crippen MR) is 120 cm³/mol. The van der Waals surface area contributed by atoms with Crippen molar-refractivity contribution in [2.24, 2.45) is 17.8 Å². The maximum Gasteiger partial charge on any atom is 0.234 e. The Balaban J connectivity index is 2.79. The van der Waals surface area contributed by atoms with Crippen LogP contribution in [0.3, 0.4) is 0 Å². The second kappa shape index (κ2) is 12.0. The first kappa shape index (κ1) is 26.9. The molecule has 0 saturated heterocycles. The van der Waals surface area contributed by atoms with E-state index in [0.717, 1.165) is 38.5 Å². The molecule has 0 radical (unpaired) electrons. The van der Waals surface area contributed by atoms with Crippen molar-refractivity contribution < 1.29 is 19.6 Å². The number of hydrogen-bond donors (Lipinski definition) is 0. The SMILES string of the molecule is CCCCCC(C)(C)OOC1(OOC(C)(C)CCCCC)CC(C)C(C)C(C)C1. The first-order valence-corrected chi connectivity index (χ1v) is 12.2. The highest BCUT2D eigenvalue weighted by atomic mass is 17.3. The quantitative estimate of drug-likeness (QED) is 0.125. The summed E-state index contributed by atoms with van der Waals surface area (Å²) >= 11 is 0. The lowest BCUT2D eigenvalue weighted by Crippen LogP contribution is -2.49. The summed E-state index contributed by atoms with van der Waals surface area (Å²) in [5.41, 5.74) is -0.671. The van der Waals surface area contributed by atoms with Crippen LogP contribution in [0.5, 0.6) is 0 Å². The predicted octanol–water partition coefficient (Wildman–Crippen LogP) is 8.00. The van der Waals surface area contributed by atoms with Crippen molar-refractivity contribution >= 4 is 0 Å². The molecule has 0 amide bonds. The lowest BCUT2D eigenvalue weighted by molar-refractivity contribution is -0.552. The van der Waals surface area contributed by atoms with Crippen LogP contribution in [0.2, 0.25) is 0 Å². The minimum absolute atomic E-state index is 0.336. The molecule has 4 nitrogen and oxygen atoms in total. The largest absolute Gasteiger partial charge is 0.234 e. The van der Waals surface area contributed by atoms with Gasteiger partial charge >= 0.3 is 0 Å². The van der Waals surface area contributed by atoms with Crippen molar-refractivity contribution in [1.29, 1.82) is 0 Å². The second-order valence-electron chi connectivity index (χ2n) is 10.9. The average molecular weight is 415 g/mol. The van der Waals surface area contributed by atoms with Crippen LogP contribution in [-0.4, -0.2) is 17.0 Å². The highest BCUT2D eigenvalue weighted by Crippen LogP contribution is 2.44. The fourth-order valence-electron chi connectivity index (χ4n) is 4.21. The van der Waals surface area contributed by atoms with Gasteiger partial charge in [0.2, 0.25) is 5.79 Å². The molecule has 1 saturated carbocycles. The molecule has 1 aliphatic rings. The maximum absolute atomic E-state index is 6.13. The summed E-state index contributed by atoms with van der Waals surface area (Å²) in [7, 11) is 0. The zero-order valence-electron chi connectivity index (χ0n) is 20.9. The molecular formula is C25H50O4. The van der Waals surface area contributed by atoms with Gasteiger partial charge in [-0.2, -0.15) is 9.78 Å². The molecule has 0 heterocycles. The van der Waals surface area contributed by atoms with Crippen LogP contribution in [0.25, 0.3) is 0 Å². The van der Waals surface area contributed by atoms with Crippen LogP contribution in [0.15, 0.2) is 0 Å². The molecule has 0 bridgehead atoms. The van der Waals surface area contributed by atoms with E-state index in [4.69, 9.17) is 19.6 Å². The van der Waals surface area contributed by atoms with Crippen LogP contribution in [0.4, 0.5) is 0 Å². The zero-order chi connectivity index (χ0) is 22.1.